The van der Waals surface area contributed by atoms with Crippen molar-refractivity contribution in [1.82, 2.24) is 0 Å². The highest BCUT2D eigenvalue weighted by molar-refractivity contribution is 4.90. The van der Waals surface area contributed by atoms with Crippen molar-refractivity contribution in [1.29, 1.82) is 0 Å². The molecule has 2 fully saturated rings. The Kier molecular flexibility index (Phi) is 5.88. The Balaban J connectivity index is 2.00. The lowest BCUT2D eigenvalue weighted by Crippen LogP contribution is -2.61. The van der Waals surface area contributed by atoms with Gasteiger partial charge in [0.15, 0.2) is 12.6 Å². The summed E-state index contributed by atoms with van der Waals surface area (Å²) in [4.78, 5) is 0. The molecule has 9 heteroatoms. The van der Waals surface area contributed by atoms with Crippen LogP contribution in [0.1, 0.15) is 12.8 Å². The average molecular weight is 308 g/mol. The van der Waals surface area contributed by atoms with Crippen molar-refractivity contribution >= 4 is 0 Å². The minimum absolute atomic E-state index is 0.0228. The predicted molar refractivity (Wildman–Crippen MR) is 69.8 cm³/mol. The van der Waals surface area contributed by atoms with E-state index < -0.39 is 49.2 Å². The van der Waals surface area contributed by atoms with Crippen LogP contribution in [0.3, 0.4) is 0 Å². The van der Waals surface area contributed by atoms with Crippen LogP contribution >= 0.6 is 0 Å². The van der Waals surface area contributed by atoms with Gasteiger partial charge in [-0.05, 0) is 6.42 Å². The van der Waals surface area contributed by atoms with Crippen LogP contribution < -0.4 is 11.5 Å². The summed E-state index contributed by atoms with van der Waals surface area (Å²) in [6.07, 6.45) is -7.15. The Morgan fingerprint density at radius 3 is 2.14 bits per heavy atom. The van der Waals surface area contributed by atoms with Gasteiger partial charge >= 0.3 is 0 Å². The number of hydrogen-bond acceptors (Lipinski definition) is 9. The van der Waals surface area contributed by atoms with E-state index in [4.69, 9.17) is 25.7 Å². The van der Waals surface area contributed by atoms with Gasteiger partial charge in [0.05, 0.1) is 12.2 Å². The Morgan fingerprint density at radius 2 is 1.52 bits per heavy atom. The summed E-state index contributed by atoms with van der Waals surface area (Å²) >= 11 is 0. The third kappa shape index (κ3) is 3.70. The van der Waals surface area contributed by atoms with Crippen molar-refractivity contribution in [3.8, 4) is 0 Å². The van der Waals surface area contributed by atoms with Crippen LogP contribution in [-0.2, 0) is 14.2 Å². The molecule has 0 amide bonds. The molecule has 9 nitrogen and oxygen atoms in total. The van der Waals surface area contributed by atoms with Gasteiger partial charge in [0.1, 0.15) is 24.4 Å². The summed E-state index contributed by atoms with van der Waals surface area (Å²) in [5.74, 6) is 0. The van der Waals surface area contributed by atoms with E-state index in [1.54, 1.807) is 0 Å². The number of ether oxygens (including phenoxy) is 3. The molecule has 124 valence electrons. The van der Waals surface area contributed by atoms with E-state index in [0.29, 0.717) is 12.8 Å². The zero-order valence-electron chi connectivity index (χ0n) is 11.6. The fourth-order valence-electron chi connectivity index (χ4n) is 2.61. The monoisotopic (exact) mass is 308 g/mol. The van der Waals surface area contributed by atoms with Crippen LogP contribution in [-0.4, -0.2) is 82.7 Å². The van der Waals surface area contributed by atoms with E-state index in [1.165, 1.54) is 0 Å². The first-order valence-corrected chi connectivity index (χ1v) is 7.06. The molecule has 0 unspecified atom stereocenters. The third-order valence-electron chi connectivity index (χ3n) is 3.89. The zero-order chi connectivity index (χ0) is 15.6. The molecule has 2 aliphatic heterocycles. The summed E-state index contributed by atoms with van der Waals surface area (Å²) in [6, 6.07) is 0. The molecule has 0 radical (unpaired) electrons. The molecule has 8 N–H and O–H groups in total. The molecule has 0 aromatic heterocycles. The van der Waals surface area contributed by atoms with E-state index in [1.807, 2.05) is 0 Å². The second-order valence-corrected chi connectivity index (χ2v) is 5.37. The first kappa shape index (κ1) is 17.0. The molecule has 2 heterocycles. The highest BCUT2D eigenvalue weighted by atomic mass is 16.7. The lowest BCUT2D eigenvalue weighted by Gasteiger charge is -2.43. The molecular formula is C12H24N2O7. The van der Waals surface area contributed by atoms with Crippen molar-refractivity contribution in [2.45, 2.75) is 62.0 Å². The topological polar surface area (TPSA) is 161 Å². The minimum atomic E-state index is -1.41. The summed E-state index contributed by atoms with van der Waals surface area (Å²) in [7, 11) is 0. The molecule has 8 atom stereocenters. The molecule has 0 spiro atoms. The quantitative estimate of drug-likeness (QED) is 0.311. The van der Waals surface area contributed by atoms with Gasteiger partial charge in [-0.15, -0.1) is 0 Å². The largest absolute Gasteiger partial charge is 0.388 e. The normalized spacial score (nSPS) is 48.3. The van der Waals surface area contributed by atoms with Gasteiger partial charge < -0.3 is 46.1 Å². The number of aliphatic hydroxyl groups excluding tert-OH is 4. The van der Waals surface area contributed by atoms with Crippen LogP contribution in [0.5, 0.6) is 0 Å². The van der Waals surface area contributed by atoms with Crippen molar-refractivity contribution in [3.63, 3.8) is 0 Å². The predicted octanol–water partition coefficient (Wildman–Crippen LogP) is -3.41. The van der Waals surface area contributed by atoms with Crippen LogP contribution in [0.2, 0.25) is 0 Å². The maximum atomic E-state index is 9.94. The van der Waals surface area contributed by atoms with Crippen molar-refractivity contribution < 1.29 is 34.6 Å². The van der Waals surface area contributed by atoms with E-state index >= 15 is 0 Å². The summed E-state index contributed by atoms with van der Waals surface area (Å²) < 4.78 is 16.3. The lowest BCUT2D eigenvalue weighted by molar-refractivity contribution is -0.323. The average Bonchev–Trinajstić information content (AvgIpc) is 2.49. The molecule has 0 aliphatic carbocycles. The van der Waals surface area contributed by atoms with Crippen LogP contribution in [0, 0.1) is 0 Å². The van der Waals surface area contributed by atoms with Crippen LogP contribution in [0.25, 0.3) is 0 Å². The van der Waals surface area contributed by atoms with E-state index in [2.05, 4.69) is 0 Å². The van der Waals surface area contributed by atoms with E-state index in [9.17, 15) is 20.4 Å². The molecule has 2 saturated heterocycles. The molecule has 0 bridgehead atoms. The summed E-state index contributed by atoms with van der Waals surface area (Å²) in [6.45, 7) is 0.112. The smallest absolute Gasteiger partial charge is 0.187 e. The number of aliphatic hydroxyl groups is 4. The van der Waals surface area contributed by atoms with Gasteiger partial charge in [-0.25, -0.2) is 0 Å². The number of nitrogens with two attached hydrogens (primary N) is 2. The van der Waals surface area contributed by atoms with Gasteiger partial charge in [0.25, 0.3) is 0 Å². The Bertz CT molecular complexity index is 333. The Morgan fingerprint density at radius 1 is 0.857 bits per heavy atom. The highest BCUT2D eigenvalue weighted by Crippen LogP contribution is 2.27. The molecule has 2 aliphatic rings. The Hall–Kier alpha value is -0.360. The van der Waals surface area contributed by atoms with Gasteiger partial charge in [0.2, 0.25) is 0 Å². The van der Waals surface area contributed by atoms with Gasteiger partial charge in [-0.1, -0.05) is 0 Å². The van der Waals surface area contributed by atoms with E-state index in [0.717, 1.165) is 0 Å². The van der Waals surface area contributed by atoms with Crippen molar-refractivity contribution in [2.24, 2.45) is 11.5 Å². The molecule has 2 rings (SSSR count). The van der Waals surface area contributed by atoms with E-state index in [-0.39, 0.29) is 13.1 Å². The summed E-state index contributed by atoms with van der Waals surface area (Å²) in [5.41, 5.74) is 11.0. The van der Waals surface area contributed by atoms with Crippen LogP contribution in [0.15, 0.2) is 0 Å². The standard InChI is InChI=1S/C12H24N2O7/c13-3-6-5(1-2-8(15)19-6)20-12-11(18)10(17)9(16)7(4-14)21-12/h5-12,15-18H,1-4,13-14H2/t5-,6+,7+,8-,9-,10-,11+,12+/m0/s1. The Labute approximate surface area is 122 Å². The SMILES string of the molecule is NC[C@H]1O[C@@H](O[C@H]2CC[C@@H](O)O[C@@H]2CN)[C@H](O)[C@@H](O)[C@H]1O. The first-order chi connectivity index (χ1) is 9.97. The second kappa shape index (κ2) is 7.27. The van der Waals surface area contributed by atoms with Crippen molar-refractivity contribution in [3.05, 3.63) is 0 Å². The lowest BCUT2D eigenvalue weighted by atomic mass is 9.98. The molecular weight excluding hydrogens is 284 g/mol. The maximum Gasteiger partial charge on any atom is 0.187 e. The van der Waals surface area contributed by atoms with Gasteiger partial charge in [-0.3, -0.25) is 0 Å². The number of hydrogen-bond donors (Lipinski definition) is 6. The fraction of sp³-hybridized carbons (Fsp3) is 1.00. The molecule has 0 saturated carbocycles. The fourth-order valence-corrected chi connectivity index (χ4v) is 2.61. The third-order valence-corrected chi connectivity index (χ3v) is 3.89. The number of rotatable bonds is 4. The first-order valence-electron chi connectivity index (χ1n) is 7.06. The van der Waals surface area contributed by atoms with Gasteiger partial charge in [-0.2, -0.15) is 0 Å². The highest BCUT2D eigenvalue weighted by Gasteiger charge is 2.45. The molecule has 0 aromatic rings. The van der Waals surface area contributed by atoms with Crippen LogP contribution in [0.4, 0.5) is 0 Å². The molecule has 0 aromatic carbocycles. The van der Waals surface area contributed by atoms with Crippen molar-refractivity contribution in [2.75, 3.05) is 13.1 Å². The molecule has 21 heavy (non-hydrogen) atoms. The summed E-state index contributed by atoms with van der Waals surface area (Å²) in [5, 5.41) is 38.9. The second-order valence-electron chi connectivity index (χ2n) is 5.37. The van der Waals surface area contributed by atoms with Gasteiger partial charge in [0, 0.05) is 19.5 Å². The maximum absolute atomic E-state index is 9.94. The minimum Gasteiger partial charge on any atom is -0.388 e. The zero-order valence-corrected chi connectivity index (χ0v) is 11.6.